The number of nitro groups is 1. The number of hydrogen-bond donors (Lipinski definition) is 1. The molecule has 0 radical (unpaired) electrons. The second-order valence-corrected chi connectivity index (χ2v) is 11.4. The summed E-state index contributed by atoms with van der Waals surface area (Å²) in [5, 5.41) is 15.1. The van der Waals surface area contributed by atoms with E-state index >= 15 is 0 Å². The van der Waals surface area contributed by atoms with E-state index in [-0.39, 0.29) is 28.2 Å². The summed E-state index contributed by atoms with van der Waals surface area (Å²) in [7, 11) is 0. The predicted molar refractivity (Wildman–Crippen MR) is 151 cm³/mol. The second kappa shape index (κ2) is 9.99. The molecule has 3 heterocycles. The Morgan fingerprint density at radius 2 is 1.68 bits per heavy atom. The van der Waals surface area contributed by atoms with Crippen molar-refractivity contribution in [2.75, 3.05) is 4.90 Å². The quantitative estimate of drug-likeness (QED) is 0.166. The number of thiocarbonyl (C=S) groups is 1. The van der Waals surface area contributed by atoms with Crippen molar-refractivity contribution >= 4 is 40.5 Å². The van der Waals surface area contributed by atoms with Crippen LogP contribution >= 0.6 is 24.0 Å². The number of rotatable bonds is 6. The van der Waals surface area contributed by atoms with Crippen molar-refractivity contribution in [3.63, 3.8) is 0 Å². The largest absolute Gasteiger partial charge is 0.351 e. The SMILES string of the molecule is CC(C)(C)n1ccc([C@H]2[C@H](c3ccccn3)NC(=S)N2c2ccc(Sc3ccc([N+](=O)[O-])cc3)cc2)c1. The van der Waals surface area contributed by atoms with Crippen LogP contribution in [0.1, 0.15) is 44.1 Å². The van der Waals surface area contributed by atoms with E-state index in [0.717, 1.165) is 26.7 Å². The average Bonchev–Trinajstić information content (AvgIpc) is 3.50. The molecule has 0 unspecified atom stereocenters. The van der Waals surface area contributed by atoms with E-state index in [1.54, 1.807) is 23.9 Å². The van der Waals surface area contributed by atoms with E-state index in [1.807, 2.05) is 24.4 Å². The molecule has 7 nitrogen and oxygen atoms in total. The van der Waals surface area contributed by atoms with Crippen LogP contribution in [0, 0.1) is 10.1 Å². The van der Waals surface area contributed by atoms with E-state index in [0.29, 0.717) is 5.11 Å². The van der Waals surface area contributed by atoms with Gasteiger partial charge in [-0.25, -0.2) is 0 Å². The summed E-state index contributed by atoms with van der Waals surface area (Å²) in [6.45, 7) is 6.55. The van der Waals surface area contributed by atoms with Crippen LogP contribution in [-0.2, 0) is 5.54 Å². The molecule has 2 aromatic carbocycles. The highest BCUT2D eigenvalue weighted by Crippen LogP contribution is 2.42. The summed E-state index contributed by atoms with van der Waals surface area (Å²) in [4.78, 5) is 19.3. The van der Waals surface area contributed by atoms with Crippen molar-refractivity contribution in [3.8, 4) is 0 Å². The molecule has 1 aliphatic rings. The molecular formula is C28H27N5O2S2. The lowest BCUT2D eigenvalue weighted by Gasteiger charge is -2.28. The summed E-state index contributed by atoms with van der Waals surface area (Å²) in [5.74, 6) is 0. The summed E-state index contributed by atoms with van der Waals surface area (Å²) in [6.07, 6.45) is 6.13. The van der Waals surface area contributed by atoms with Gasteiger partial charge in [0.2, 0.25) is 0 Å². The van der Waals surface area contributed by atoms with Gasteiger partial charge in [-0.2, -0.15) is 0 Å². The zero-order valence-corrected chi connectivity index (χ0v) is 22.4. The third-order valence-electron chi connectivity index (χ3n) is 6.33. The lowest BCUT2D eigenvalue weighted by Crippen LogP contribution is -2.29. The summed E-state index contributed by atoms with van der Waals surface area (Å²) >= 11 is 7.41. The van der Waals surface area contributed by atoms with Gasteiger partial charge in [0.15, 0.2) is 5.11 Å². The fraction of sp³-hybridized carbons (Fsp3) is 0.214. The first kappa shape index (κ1) is 25.0. The second-order valence-electron chi connectivity index (χ2n) is 9.87. The number of nitrogens with one attached hydrogen (secondary N) is 1. The number of nitrogens with zero attached hydrogens (tertiary/aromatic N) is 4. The summed E-state index contributed by atoms with van der Waals surface area (Å²) in [6, 6.07) is 22.8. The molecule has 9 heteroatoms. The Morgan fingerprint density at radius 3 is 2.24 bits per heavy atom. The van der Waals surface area contributed by atoms with Gasteiger partial charge in [0.25, 0.3) is 5.69 Å². The normalized spacial score (nSPS) is 17.6. The molecule has 0 aliphatic carbocycles. The number of non-ortho nitro benzene ring substituents is 1. The molecular weight excluding hydrogens is 502 g/mol. The highest BCUT2D eigenvalue weighted by Gasteiger charge is 2.41. The first-order valence-electron chi connectivity index (χ1n) is 11.9. The van der Waals surface area contributed by atoms with Crippen molar-refractivity contribution in [1.29, 1.82) is 0 Å². The smallest absolute Gasteiger partial charge is 0.269 e. The Morgan fingerprint density at radius 1 is 1.00 bits per heavy atom. The number of aromatic nitrogens is 2. The average molecular weight is 530 g/mol. The minimum atomic E-state index is -0.388. The van der Waals surface area contributed by atoms with Gasteiger partial charge in [0.05, 0.1) is 22.7 Å². The number of hydrogen-bond acceptors (Lipinski definition) is 5. The van der Waals surface area contributed by atoms with Crippen molar-refractivity contribution in [2.45, 2.75) is 48.2 Å². The van der Waals surface area contributed by atoms with Gasteiger partial charge in [-0.05, 0) is 93.1 Å². The molecule has 37 heavy (non-hydrogen) atoms. The molecule has 1 saturated heterocycles. The molecule has 1 N–H and O–H groups in total. The lowest BCUT2D eigenvalue weighted by molar-refractivity contribution is -0.384. The number of nitro benzene ring substituents is 1. The maximum atomic E-state index is 10.9. The van der Waals surface area contributed by atoms with Gasteiger partial charge in [0.1, 0.15) is 0 Å². The number of anilines is 1. The Hall–Kier alpha value is -3.69. The minimum absolute atomic E-state index is 0.0349. The molecule has 0 spiro atoms. The van der Waals surface area contributed by atoms with E-state index in [4.69, 9.17) is 12.2 Å². The van der Waals surface area contributed by atoms with Crippen molar-refractivity contribution in [2.24, 2.45) is 0 Å². The van der Waals surface area contributed by atoms with Gasteiger partial charge in [-0.1, -0.05) is 17.8 Å². The number of benzene rings is 2. The molecule has 4 aromatic rings. The first-order valence-corrected chi connectivity index (χ1v) is 13.1. The third-order valence-corrected chi connectivity index (χ3v) is 7.66. The fourth-order valence-corrected chi connectivity index (χ4v) is 5.59. The minimum Gasteiger partial charge on any atom is -0.351 e. The van der Waals surface area contributed by atoms with Crippen LogP contribution in [0.4, 0.5) is 11.4 Å². The molecule has 0 amide bonds. The molecule has 0 bridgehead atoms. The molecule has 0 saturated carbocycles. The standard InChI is InChI=1S/C28H27N5O2S2/c1-28(2,3)31-17-15-19(18-31)26-25(24-6-4-5-16-29-24)30-27(36)32(26)20-7-11-22(12-8-20)37-23-13-9-21(10-14-23)33(34)35/h4-18,25-26H,1-3H3,(H,30,36)/t25-,26-/m0/s1. The van der Waals surface area contributed by atoms with Crippen LogP contribution in [0.15, 0.2) is 101 Å². The highest BCUT2D eigenvalue weighted by atomic mass is 32.2. The van der Waals surface area contributed by atoms with E-state index in [2.05, 4.69) is 83.3 Å². The molecule has 2 atom stereocenters. The van der Waals surface area contributed by atoms with Gasteiger partial charge in [0, 0.05) is 51.7 Å². The number of pyridine rings is 1. The zero-order chi connectivity index (χ0) is 26.2. The molecule has 1 fully saturated rings. The summed E-state index contributed by atoms with van der Waals surface area (Å²) in [5.41, 5.74) is 3.13. The fourth-order valence-electron chi connectivity index (χ4n) is 4.42. The topological polar surface area (TPSA) is 76.2 Å². The Balaban J connectivity index is 1.45. The van der Waals surface area contributed by atoms with Crippen LogP contribution in [-0.4, -0.2) is 19.6 Å². The van der Waals surface area contributed by atoms with Crippen LogP contribution in [0.2, 0.25) is 0 Å². The van der Waals surface area contributed by atoms with Crippen molar-refractivity contribution in [3.05, 3.63) is 113 Å². The van der Waals surface area contributed by atoms with Gasteiger partial charge in [-0.3, -0.25) is 15.1 Å². The van der Waals surface area contributed by atoms with Gasteiger partial charge in [-0.15, -0.1) is 0 Å². The van der Waals surface area contributed by atoms with E-state index < -0.39 is 0 Å². The molecule has 5 rings (SSSR count). The van der Waals surface area contributed by atoms with Crippen molar-refractivity contribution in [1.82, 2.24) is 14.9 Å². The first-order chi connectivity index (χ1) is 17.7. The Kier molecular flexibility index (Phi) is 6.74. The van der Waals surface area contributed by atoms with Crippen LogP contribution in [0.5, 0.6) is 0 Å². The molecule has 1 aliphatic heterocycles. The van der Waals surface area contributed by atoms with Crippen molar-refractivity contribution < 1.29 is 4.92 Å². The van der Waals surface area contributed by atoms with Gasteiger partial charge >= 0.3 is 0 Å². The maximum absolute atomic E-state index is 10.9. The summed E-state index contributed by atoms with van der Waals surface area (Å²) < 4.78 is 2.22. The monoisotopic (exact) mass is 529 g/mol. The van der Waals surface area contributed by atoms with Crippen LogP contribution in [0.25, 0.3) is 0 Å². The third kappa shape index (κ3) is 5.23. The highest BCUT2D eigenvalue weighted by molar-refractivity contribution is 7.99. The Bertz CT molecular complexity index is 1410. The van der Waals surface area contributed by atoms with Gasteiger partial charge < -0.3 is 14.8 Å². The predicted octanol–water partition coefficient (Wildman–Crippen LogP) is 6.87. The van der Waals surface area contributed by atoms with E-state index in [1.165, 1.54) is 12.1 Å². The van der Waals surface area contributed by atoms with Crippen LogP contribution in [0.3, 0.4) is 0 Å². The molecule has 188 valence electrons. The molecule has 2 aromatic heterocycles. The lowest BCUT2D eigenvalue weighted by atomic mass is 9.98. The maximum Gasteiger partial charge on any atom is 0.269 e. The zero-order valence-electron chi connectivity index (χ0n) is 20.7. The van der Waals surface area contributed by atoms with E-state index in [9.17, 15) is 10.1 Å². The van der Waals surface area contributed by atoms with Crippen LogP contribution < -0.4 is 10.2 Å². The Labute approximate surface area is 225 Å².